The van der Waals surface area contributed by atoms with E-state index in [0.717, 1.165) is 43.4 Å². The van der Waals surface area contributed by atoms with E-state index in [9.17, 15) is 4.79 Å². The van der Waals surface area contributed by atoms with Crippen LogP contribution in [0.5, 0.6) is 0 Å². The van der Waals surface area contributed by atoms with Crippen molar-refractivity contribution >= 4 is 35.2 Å². The molecule has 0 unspecified atom stereocenters. The molecule has 3 heterocycles. The Bertz CT molecular complexity index is 856. The van der Waals surface area contributed by atoms with Crippen molar-refractivity contribution in [1.82, 2.24) is 15.1 Å². The van der Waals surface area contributed by atoms with Crippen molar-refractivity contribution in [2.24, 2.45) is 0 Å². The lowest BCUT2D eigenvalue weighted by Gasteiger charge is -2.35. The van der Waals surface area contributed by atoms with Crippen molar-refractivity contribution in [3.05, 3.63) is 53.1 Å². The second kappa shape index (κ2) is 9.27. The van der Waals surface area contributed by atoms with Crippen LogP contribution in [-0.4, -0.2) is 60.3 Å². The summed E-state index contributed by atoms with van der Waals surface area (Å²) in [6.45, 7) is 4.97. The number of hydrogen-bond donors (Lipinski definition) is 0. The molecule has 2 aliphatic rings. The normalized spacial score (nSPS) is 17.8. The van der Waals surface area contributed by atoms with Crippen LogP contribution in [0.25, 0.3) is 6.08 Å². The van der Waals surface area contributed by atoms with Gasteiger partial charge in [-0.15, -0.1) is 10.2 Å². The summed E-state index contributed by atoms with van der Waals surface area (Å²) in [4.78, 5) is 18.8. The number of hydrogen-bond acceptors (Lipinski definition) is 5. The zero-order valence-corrected chi connectivity index (χ0v) is 17.3. The van der Waals surface area contributed by atoms with Gasteiger partial charge in [-0.25, -0.2) is 0 Å². The third-order valence-corrected chi connectivity index (χ3v) is 5.89. The molecule has 2 saturated heterocycles. The SMILES string of the molecule is O=C(/C=C/c1ccccc1Cl)N1CCN(c2ccc(N3CCCCC3)nn2)CC1. The minimum atomic E-state index is 0.0103. The molecule has 0 saturated carbocycles. The fraction of sp³-hybridized carbons (Fsp3) is 0.409. The van der Waals surface area contributed by atoms with Gasteiger partial charge in [0.15, 0.2) is 11.6 Å². The number of piperidine rings is 1. The van der Waals surface area contributed by atoms with E-state index in [1.165, 1.54) is 19.3 Å². The number of benzene rings is 1. The molecule has 1 aromatic carbocycles. The van der Waals surface area contributed by atoms with Crippen molar-refractivity contribution in [2.45, 2.75) is 19.3 Å². The molecule has 7 heteroatoms. The first kappa shape index (κ1) is 19.7. The Kier molecular flexibility index (Phi) is 6.30. The monoisotopic (exact) mass is 411 g/mol. The molecule has 2 aromatic rings. The molecular formula is C22H26ClN5O. The van der Waals surface area contributed by atoms with Gasteiger partial charge in [0, 0.05) is 50.4 Å². The molecule has 0 spiro atoms. The van der Waals surface area contributed by atoms with Gasteiger partial charge in [0.25, 0.3) is 0 Å². The van der Waals surface area contributed by atoms with Gasteiger partial charge in [-0.05, 0) is 49.1 Å². The van der Waals surface area contributed by atoms with Gasteiger partial charge in [0.05, 0.1) is 0 Å². The molecule has 6 nitrogen and oxygen atoms in total. The largest absolute Gasteiger partial charge is 0.355 e. The van der Waals surface area contributed by atoms with Crippen LogP contribution in [0.15, 0.2) is 42.5 Å². The van der Waals surface area contributed by atoms with Gasteiger partial charge in [0.2, 0.25) is 5.91 Å². The summed E-state index contributed by atoms with van der Waals surface area (Å²) >= 11 is 6.14. The quantitative estimate of drug-likeness (QED) is 0.721. The molecule has 0 bridgehead atoms. The van der Waals surface area contributed by atoms with E-state index in [-0.39, 0.29) is 5.91 Å². The van der Waals surface area contributed by atoms with Gasteiger partial charge in [-0.1, -0.05) is 29.8 Å². The number of rotatable bonds is 4. The Morgan fingerprint density at radius 1 is 0.828 bits per heavy atom. The molecule has 152 valence electrons. The van der Waals surface area contributed by atoms with Crippen molar-refractivity contribution in [3.8, 4) is 0 Å². The van der Waals surface area contributed by atoms with Crippen molar-refractivity contribution in [2.75, 3.05) is 49.1 Å². The highest BCUT2D eigenvalue weighted by Gasteiger charge is 2.21. The standard InChI is InChI=1S/C22H26ClN5O/c23-19-7-3-2-6-18(19)8-11-22(29)28-16-14-27(15-17-28)21-10-9-20(24-25-21)26-12-4-1-5-13-26/h2-3,6-11H,1,4-5,12-17H2/b11-8+. The lowest BCUT2D eigenvalue weighted by Crippen LogP contribution is -2.48. The first-order valence-corrected chi connectivity index (χ1v) is 10.6. The van der Waals surface area contributed by atoms with E-state index >= 15 is 0 Å². The lowest BCUT2D eigenvalue weighted by atomic mass is 10.1. The zero-order chi connectivity index (χ0) is 20.1. The van der Waals surface area contributed by atoms with Crippen LogP contribution >= 0.6 is 11.6 Å². The summed E-state index contributed by atoms with van der Waals surface area (Å²) in [5.74, 6) is 1.85. The van der Waals surface area contributed by atoms with Crippen LogP contribution in [0.3, 0.4) is 0 Å². The highest BCUT2D eigenvalue weighted by atomic mass is 35.5. The van der Waals surface area contributed by atoms with E-state index in [2.05, 4.69) is 26.1 Å². The fourth-order valence-electron chi connectivity index (χ4n) is 3.81. The summed E-state index contributed by atoms with van der Waals surface area (Å²) in [5, 5.41) is 9.51. The second-order valence-electron chi connectivity index (χ2n) is 7.46. The van der Waals surface area contributed by atoms with Crippen LogP contribution in [0.4, 0.5) is 11.6 Å². The molecule has 0 N–H and O–H groups in total. The molecule has 0 atom stereocenters. The molecular weight excluding hydrogens is 386 g/mol. The predicted octanol–water partition coefficient (Wildman–Crippen LogP) is 3.48. The summed E-state index contributed by atoms with van der Waals surface area (Å²) in [6, 6.07) is 11.6. The molecule has 29 heavy (non-hydrogen) atoms. The van der Waals surface area contributed by atoms with Crippen molar-refractivity contribution < 1.29 is 4.79 Å². The Morgan fingerprint density at radius 3 is 2.07 bits per heavy atom. The number of carbonyl (C=O) groups is 1. The molecule has 0 aliphatic carbocycles. The Balaban J connectivity index is 1.31. The average Bonchev–Trinajstić information content (AvgIpc) is 2.79. The van der Waals surface area contributed by atoms with Crippen molar-refractivity contribution in [3.63, 3.8) is 0 Å². The first-order chi connectivity index (χ1) is 14.2. The molecule has 1 aromatic heterocycles. The van der Waals surface area contributed by atoms with E-state index in [1.54, 1.807) is 12.2 Å². The van der Waals surface area contributed by atoms with Crippen LogP contribution in [-0.2, 0) is 4.79 Å². The minimum Gasteiger partial charge on any atom is -0.355 e. The Labute approximate surface area is 176 Å². The van der Waals surface area contributed by atoms with Gasteiger partial charge in [-0.3, -0.25) is 4.79 Å². The number of piperazine rings is 1. The topological polar surface area (TPSA) is 52.6 Å². The van der Waals surface area contributed by atoms with Crippen LogP contribution < -0.4 is 9.80 Å². The first-order valence-electron chi connectivity index (χ1n) is 10.3. The van der Waals surface area contributed by atoms with E-state index in [4.69, 9.17) is 11.6 Å². The Hall–Kier alpha value is -2.60. The van der Waals surface area contributed by atoms with Crippen LogP contribution in [0.2, 0.25) is 5.02 Å². The predicted molar refractivity (Wildman–Crippen MR) is 117 cm³/mol. The minimum absolute atomic E-state index is 0.0103. The number of carbonyl (C=O) groups excluding carboxylic acids is 1. The van der Waals surface area contributed by atoms with Crippen LogP contribution in [0.1, 0.15) is 24.8 Å². The second-order valence-corrected chi connectivity index (χ2v) is 7.87. The van der Waals surface area contributed by atoms with E-state index in [1.807, 2.05) is 35.2 Å². The van der Waals surface area contributed by atoms with Gasteiger partial charge in [-0.2, -0.15) is 0 Å². The zero-order valence-electron chi connectivity index (χ0n) is 16.5. The molecule has 1 amide bonds. The van der Waals surface area contributed by atoms with Gasteiger partial charge < -0.3 is 14.7 Å². The molecule has 4 rings (SSSR count). The number of amides is 1. The maximum absolute atomic E-state index is 12.5. The summed E-state index contributed by atoms with van der Waals surface area (Å²) in [6.07, 6.45) is 7.14. The maximum Gasteiger partial charge on any atom is 0.246 e. The fourth-order valence-corrected chi connectivity index (χ4v) is 4.01. The number of anilines is 2. The number of halogens is 1. The van der Waals surface area contributed by atoms with Crippen molar-refractivity contribution in [1.29, 1.82) is 0 Å². The highest BCUT2D eigenvalue weighted by Crippen LogP contribution is 2.20. The van der Waals surface area contributed by atoms with E-state index < -0.39 is 0 Å². The maximum atomic E-state index is 12.5. The highest BCUT2D eigenvalue weighted by molar-refractivity contribution is 6.32. The third-order valence-electron chi connectivity index (χ3n) is 5.54. The molecule has 2 aliphatic heterocycles. The summed E-state index contributed by atoms with van der Waals surface area (Å²) in [5.41, 5.74) is 0.852. The third kappa shape index (κ3) is 4.88. The Morgan fingerprint density at radius 2 is 1.45 bits per heavy atom. The number of nitrogens with zero attached hydrogens (tertiary/aromatic N) is 5. The molecule has 0 radical (unpaired) electrons. The van der Waals surface area contributed by atoms with Gasteiger partial charge >= 0.3 is 0 Å². The average molecular weight is 412 g/mol. The van der Waals surface area contributed by atoms with Gasteiger partial charge in [0.1, 0.15) is 0 Å². The smallest absolute Gasteiger partial charge is 0.246 e. The summed E-state index contributed by atoms with van der Waals surface area (Å²) < 4.78 is 0. The number of aromatic nitrogens is 2. The molecule has 2 fully saturated rings. The summed E-state index contributed by atoms with van der Waals surface area (Å²) in [7, 11) is 0. The van der Waals surface area contributed by atoms with E-state index in [0.29, 0.717) is 18.1 Å². The lowest BCUT2D eigenvalue weighted by molar-refractivity contribution is -0.126. The van der Waals surface area contributed by atoms with Crippen LogP contribution in [0, 0.1) is 0 Å².